The Bertz CT molecular complexity index is 786. The van der Waals surface area contributed by atoms with E-state index >= 15 is 0 Å². The number of anilines is 1. The monoisotopic (exact) mass is 332 g/mol. The summed E-state index contributed by atoms with van der Waals surface area (Å²) in [5.41, 5.74) is 1.57. The topological polar surface area (TPSA) is 75.2 Å². The second-order valence-corrected chi connectivity index (χ2v) is 7.45. The molecule has 1 aliphatic heterocycles. The number of rotatable bonds is 5. The molecular formula is C16H20N4O2S. The van der Waals surface area contributed by atoms with E-state index in [0.717, 1.165) is 31.5 Å². The maximum atomic E-state index is 12.3. The molecule has 0 bridgehead atoms. The fourth-order valence-corrected chi connectivity index (χ4v) is 3.69. The highest BCUT2D eigenvalue weighted by Crippen LogP contribution is 2.16. The molecule has 23 heavy (non-hydrogen) atoms. The summed E-state index contributed by atoms with van der Waals surface area (Å²) in [5, 5.41) is 0. The van der Waals surface area contributed by atoms with Gasteiger partial charge in [-0.2, -0.15) is 0 Å². The molecule has 0 aliphatic carbocycles. The maximum absolute atomic E-state index is 12.3. The molecule has 6 nitrogen and oxygen atoms in total. The Hall–Kier alpha value is -1.99. The fourth-order valence-electron chi connectivity index (χ4n) is 2.59. The van der Waals surface area contributed by atoms with Gasteiger partial charge in [0.1, 0.15) is 0 Å². The third-order valence-corrected chi connectivity index (χ3v) is 5.23. The van der Waals surface area contributed by atoms with Crippen LogP contribution in [-0.4, -0.2) is 31.5 Å². The molecule has 0 amide bonds. The van der Waals surface area contributed by atoms with Gasteiger partial charge in [-0.25, -0.2) is 23.1 Å². The molecule has 0 spiro atoms. The van der Waals surface area contributed by atoms with Gasteiger partial charge in [0.25, 0.3) is 0 Å². The van der Waals surface area contributed by atoms with Crippen LogP contribution in [0, 0.1) is 6.92 Å². The van der Waals surface area contributed by atoms with Gasteiger partial charge in [0, 0.05) is 19.3 Å². The van der Waals surface area contributed by atoms with E-state index in [4.69, 9.17) is 0 Å². The van der Waals surface area contributed by atoms with Crippen LogP contribution in [0.15, 0.2) is 41.4 Å². The lowest BCUT2D eigenvalue weighted by Gasteiger charge is -2.15. The Morgan fingerprint density at radius 1 is 1.22 bits per heavy atom. The molecule has 0 atom stereocenters. The Morgan fingerprint density at radius 2 is 2.00 bits per heavy atom. The SMILES string of the molecule is Cc1cccc(S(=O)(=O)NCc2ccnc(N3CCCC3)n2)c1. The highest BCUT2D eigenvalue weighted by atomic mass is 32.2. The first-order chi connectivity index (χ1) is 11.0. The molecule has 0 radical (unpaired) electrons. The largest absolute Gasteiger partial charge is 0.341 e. The van der Waals surface area contributed by atoms with Crippen molar-refractivity contribution in [3.05, 3.63) is 47.8 Å². The quantitative estimate of drug-likeness (QED) is 0.904. The lowest BCUT2D eigenvalue weighted by molar-refractivity contribution is 0.580. The maximum Gasteiger partial charge on any atom is 0.240 e. The lowest BCUT2D eigenvalue weighted by atomic mass is 10.2. The minimum absolute atomic E-state index is 0.152. The van der Waals surface area contributed by atoms with E-state index in [2.05, 4.69) is 19.6 Å². The Kier molecular flexibility index (Phi) is 4.58. The van der Waals surface area contributed by atoms with Gasteiger partial charge in [-0.15, -0.1) is 0 Å². The van der Waals surface area contributed by atoms with Crippen LogP contribution < -0.4 is 9.62 Å². The normalized spacial score (nSPS) is 15.1. The van der Waals surface area contributed by atoms with Crippen LogP contribution in [0.25, 0.3) is 0 Å². The molecule has 122 valence electrons. The zero-order chi connectivity index (χ0) is 16.3. The van der Waals surface area contributed by atoms with Crippen molar-refractivity contribution in [1.29, 1.82) is 0 Å². The van der Waals surface area contributed by atoms with Gasteiger partial charge in [0.05, 0.1) is 17.1 Å². The fraction of sp³-hybridized carbons (Fsp3) is 0.375. The second kappa shape index (κ2) is 6.64. The van der Waals surface area contributed by atoms with E-state index in [9.17, 15) is 8.42 Å². The average molecular weight is 332 g/mol. The van der Waals surface area contributed by atoms with Crippen LogP contribution in [-0.2, 0) is 16.6 Å². The summed E-state index contributed by atoms with van der Waals surface area (Å²) >= 11 is 0. The number of aryl methyl sites for hydroxylation is 1. The third-order valence-electron chi connectivity index (χ3n) is 3.83. The summed E-state index contributed by atoms with van der Waals surface area (Å²) in [4.78, 5) is 11.1. The van der Waals surface area contributed by atoms with Crippen LogP contribution >= 0.6 is 0 Å². The lowest BCUT2D eigenvalue weighted by Crippen LogP contribution is -2.25. The summed E-state index contributed by atoms with van der Waals surface area (Å²) in [5.74, 6) is 0.676. The second-order valence-electron chi connectivity index (χ2n) is 5.68. The van der Waals surface area contributed by atoms with Gasteiger partial charge in [-0.05, 0) is 43.5 Å². The summed E-state index contributed by atoms with van der Waals surface area (Å²) in [6.45, 7) is 3.93. The van der Waals surface area contributed by atoms with Crippen LogP contribution in [0.3, 0.4) is 0 Å². The molecular weight excluding hydrogens is 312 g/mol. The van der Waals surface area contributed by atoms with Crippen molar-refractivity contribution in [3.63, 3.8) is 0 Å². The standard InChI is InChI=1S/C16H20N4O2S/c1-13-5-4-6-15(11-13)23(21,22)18-12-14-7-8-17-16(19-14)20-9-2-3-10-20/h4-8,11,18H,2-3,9-10,12H2,1H3. The number of benzene rings is 1. The smallest absolute Gasteiger partial charge is 0.240 e. The van der Waals surface area contributed by atoms with Gasteiger partial charge in [-0.3, -0.25) is 0 Å². The molecule has 2 aromatic rings. The van der Waals surface area contributed by atoms with Crippen molar-refractivity contribution in [2.24, 2.45) is 0 Å². The Labute approximate surface area is 136 Å². The number of aromatic nitrogens is 2. The molecule has 3 rings (SSSR count). The molecule has 0 unspecified atom stereocenters. The average Bonchev–Trinajstić information content (AvgIpc) is 3.08. The van der Waals surface area contributed by atoms with Gasteiger partial charge < -0.3 is 4.90 Å². The van der Waals surface area contributed by atoms with Gasteiger partial charge in [-0.1, -0.05) is 12.1 Å². The first-order valence-electron chi connectivity index (χ1n) is 7.68. The highest BCUT2D eigenvalue weighted by molar-refractivity contribution is 7.89. The molecule has 1 aromatic heterocycles. The van der Waals surface area contributed by atoms with E-state index in [1.54, 1.807) is 30.5 Å². The highest BCUT2D eigenvalue weighted by Gasteiger charge is 2.17. The van der Waals surface area contributed by atoms with E-state index in [1.165, 1.54) is 0 Å². The molecule has 1 aromatic carbocycles. The van der Waals surface area contributed by atoms with E-state index in [-0.39, 0.29) is 11.4 Å². The molecule has 1 fully saturated rings. The van der Waals surface area contributed by atoms with E-state index in [0.29, 0.717) is 11.6 Å². The number of sulfonamides is 1. The predicted molar refractivity (Wildman–Crippen MR) is 88.7 cm³/mol. The van der Waals surface area contributed by atoms with Gasteiger partial charge in [0.2, 0.25) is 16.0 Å². The molecule has 1 N–H and O–H groups in total. The summed E-state index contributed by atoms with van der Waals surface area (Å²) in [6, 6.07) is 8.58. The Balaban J connectivity index is 1.71. The third kappa shape index (κ3) is 3.86. The van der Waals surface area contributed by atoms with Crippen LogP contribution in [0.4, 0.5) is 5.95 Å². The minimum atomic E-state index is -3.54. The molecule has 7 heteroatoms. The van der Waals surface area contributed by atoms with E-state index in [1.807, 2.05) is 13.0 Å². The summed E-state index contributed by atoms with van der Waals surface area (Å²) in [6.07, 6.45) is 3.97. The summed E-state index contributed by atoms with van der Waals surface area (Å²) < 4.78 is 27.3. The van der Waals surface area contributed by atoms with Crippen LogP contribution in [0.2, 0.25) is 0 Å². The van der Waals surface area contributed by atoms with Gasteiger partial charge >= 0.3 is 0 Å². The molecule has 1 saturated heterocycles. The number of nitrogens with zero attached hydrogens (tertiary/aromatic N) is 3. The van der Waals surface area contributed by atoms with Crippen molar-refractivity contribution in [2.45, 2.75) is 31.2 Å². The number of nitrogens with one attached hydrogen (secondary N) is 1. The molecule has 0 saturated carbocycles. The van der Waals surface area contributed by atoms with Gasteiger partial charge in [0.15, 0.2) is 0 Å². The first-order valence-corrected chi connectivity index (χ1v) is 9.16. The van der Waals surface area contributed by atoms with Crippen molar-refractivity contribution in [2.75, 3.05) is 18.0 Å². The molecule has 2 heterocycles. The number of hydrogen-bond acceptors (Lipinski definition) is 5. The first kappa shape index (κ1) is 15.9. The minimum Gasteiger partial charge on any atom is -0.341 e. The van der Waals surface area contributed by atoms with Crippen molar-refractivity contribution >= 4 is 16.0 Å². The van der Waals surface area contributed by atoms with Crippen molar-refractivity contribution in [3.8, 4) is 0 Å². The molecule has 1 aliphatic rings. The van der Waals surface area contributed by atoms with Crippen molar-refractivity contribution < 1.29 is 8.42 Å². The zero-order valence-electron chi connectivity index (χ0n) is 13.1. The van der Waals surface area contributed by atoms with Crippen molar-refractivity contribution in [1.82, 2.24) is 14.7 Å². The number of hydrogen-bond donors (Lipinski definition) is 1. The zero-order valence-corrected chi connectivity index (χ0v) is 13.9. The Morgan fingerprint density at radius 3 is 2.74 bits per heavy atom. The van der Waals surface area contributed by atoms with E-state index < -0.39 is 10.0 Å². The van der Waals surface area contributed by atoms with Crippen LogP contribution in [0.1, 0.15) is 24.1 Å². The van der Waals surface area contributed by atoms with Crippen LogP contribution in [0.5, 0.6) is 0 Å². The summed E-state index contributed by atoms with van der Waals surface area (Å²) in [7, 11) is -3.54. The predicted octanol–water partition coefficient (Wildman–Crippen LogP) is 1.86.